The van der Waals surface area contributed by atoms with E-state index in [0.717, 1.165) is 17.9 Å². The van der Waals surface area contributed by atoms with Crippen LogP contribution in [0.3, 0.4) is 0 Å². The summed E-state index contributed by atoms with van der Waals surface area (Å²) in [5.41, 5.74) is 0. The highest BCUT2D eigenvalue weighted by Gasteiger charge is 2.24. The smallest absolute Gasteiger partial charge is 0.00671 e. The van der Waals surface area contributed by atoms with Crippen LogP contribution in [0.2, 0.25) is 0 Å². The maximum absolute atomic E-state index is 3.73. The van der Waals surface area contributed by atoms with Gasteiger partial charge in [-0.1, -0.05) is 40.0 Å². The molecule has 0 amide bonds. The van der Waals surface area contributed by atoms with Crippen molar-refractivity contribution in [3.8, 4) is 0 Å². The third kappa shape index (κ3) is 4.99. The van der Waals surface area contributed by atoms with Gasteiger partial charge in [0.25, 0.3) is 0 Å². The van der Waals surface area contributed by atoms with E-state index in [1.165, 1.54) is 45.1 Å². The van der Waals surface area contributed by atoms with Crippen molar-refractivity contribution in [3.63, 3.8) is 0 Å². The fraction of sp³-hybridized carbons (Fsp3) is 1.00. The molecule has 0 aliphatic heterocycles. The molecule has 2 atom stereocenters. The van der Waals surface area contributed by atoms with Gasteiger partial charge >= 0.3 is 0 Å². The van der Waals surface area contributed by atoms with Crippen LogP contribution in [0.5, 0.6) is 0 Å². The van der Waals surface area contributed by atoms with Crippen LogP contribution in [0.1, 0.15) is 59.3 Å². The Morgan fingerprint density at radius 2 is 2.00 bits per heavy atom. The van der Waals surface area contributed by atoms with E-state index in [1.807, 2.05) is 0 Å². The number of nitrogens with one attached hydrogen (secondary N) is 1. The molecule has 1 rings (SSSR count). The van der Waals surface area contributed by atoms with Gasteiger partial charge in [0.2, 0.25) is 0 Å². The van der Waals surface area contributed by atoms with Gasteiger partial charge in [-0.25, -0.2) is 0 Å². The molecule has 1 N–H and O–H groups in total. The Hall–Kier alpha value is -0.0400. The molecule has 1 fully saturated rings. The molecule has 0 aromatic heterocycles. The average Bonchev–Trinajstić information content (AvgIpc) is 2.96. The van der Waals surface area contributed by atoms with Crippen LogP contribution in [0, 0.1) is 11.8 Å². The van der Waals surface area contributed by atoms with Gasteiger partial charge in [-0.15, -0.1) is 0 Å². The van der Waals surface area contributed by atoms with E-state index in [1.54, 1.807) is 0 Å². The fourth-order valence-corrected chi connectivity index (χ4v) is 2.11. The summed E-state index contributed by atoms with van der Waals surface area (Å²) in [6, 6.07) is 0.793. The minimum absolute atomic E-state index is 0.793. The van der Waals surface area contributed by atoms with Crippen molar-refractivity contribution < 1.29 is 0 Å². The van der Waals surface area contributed by atoms with Crippen molar-refractivity contribution in [3.05, 3.63) is 0 Å². The van der Waals surface area contributed by atoms with E-state index in [-0.39, 0.29) is 0 Å². The summed E-state index contributed by atoms with van der Waals surface area (Å²) in [5.74, 6) is 1.92. The van der Waals surface area contributed by atoms with Crippen LogP contribution in [-0.4, -0.2) is 12.6 Å². The van der Waals surface area contributed by atoms with Crippen molar-refractivity contribution in [2.24, 2.45) is 11.8 Å². The first kappa shape index (κ1) is 12.0. The van der Waals surface area contributed by atoms with Crippen LogP contribution in [0.4, 0.5) is 0 Å². The second-order valence-corrected chi connectivity index (χ2v) is 5.09. The maximum atomic E-state index is 3.73. The summed E-state index contributed by atoms with van der Waals surface area (Å²) in [6.07, 6.45) is 8.39. The van der Waals surface area contributed by atoms with Gasteiger partial charge < -0.3 is 5.32 Å². The zero-order valence-electron chi connectivity index (χ0n) is 10.2. The van der Waals surface area contributed by atoms with Crippen molar-refractivity contribution in [2.75, 3.05) is 6.54 Å². The Morgan fingerprint density at radius 3 is 2.50 bits per heavy atom. The summed E-state index contributed by atoms with van der Waals surface area (Å²) < 4.78 is 0. The molecule has 14 heavy (non-hydrogen) atoms. The van der Waals surface area contributed by atoms with Gasteiger partial charge in [-0.3, -0.25) is 0 Å². The zero-order chi connectivity index (χ0) is 10.4. The lowest BCUT2D eigenvalue weighted by Crippen LogP contribution is -2.32. The third-order valence-electron chi connectivity index (χ3n) is 3.34. The lowest BCUT2D eigenvalue weighted by Gasteiger charge is -2.19. The van der Waals surface area contributed by atoms with Crippen molar-refractivity contribution in [2.45, 2.75) is 65.3 Å². The van der Waals surface area contributed by atoms with Crippen LogP contribution in [-0.2, 0) is 0 Å². The summed E-state index contributed by atoms with van der Waals surface area (Å²) in [4.78, 5) is 0. The molecule has 0 heterocycles. The van der Waals surface area contributed by atoms with E-state index in [4.69, 9.17) is 0 Å². The maximum Gasteiger partial charge on any atom is 0.00671 e. The molecule has 2 unspecified atom stereocenters. The number of hydrogen-bond acceptors (Lipinski definition) is 1. The third-order valence-corrected chi connectivity index (χ3v) is 3.34. The zero-order valence-corrected chi connectivity index (χ0v) is 10.2. The van der Waals surface area contributed by atoms with Crippen molar-refractivity contribution in [1.29, 1.82) is 0 Å². The van der Waals surface area contributed by atoms with Crippen molar-refractivity contribution in [1.82, 2.24) is 5.32 Å². The monoisotopic (exact) mass is 197 g/mol. The first-order chi connectivity index (χ1) is 6.76. The van der Waals surface area contributed by atoms with Crippen LogP contribution in [0.15, 0.2) is 0 Å². The van der Waals surface area contributed by atoms with Gasteiger partial charge in [-0.2, -0.15) is 0 Å². The van der Waals surface area contributed by atoms with Gasteiger partial charge in [0, 0.05) is 6.04 Å². The highest BCUT2D eigenvalue weighted by atomic mass is 14.9. The van der Waals surface area contributed by atoms with Gasteiger partial charge in [0.15, 0.2) is 0 Å². The predicted molar refractivity (Wildman–Crippen MR) is 63.5 cm³/mol. The van der Waals surface area contributed by atoms with Crippen LogP contribution < -0.4 is 5.32 Å². The Kier molecular flexibility index (Phi) is 5.54. The highest BCUT2D eigenvalue weighted by Crippen LogP contribution is 2.34. The summed E-state index contributed by atoms with van der Waals surface area (Å²) in [6.45, 7) is 8.17. The molecular weight excluding hydrogens is 170 g/mol. The molecule has 0 saturated heterocycles. The second kappa shape index (κ2) is 6.44. The Balaban J connectivity index is 2.06. The molecule has 1 aliphatic carbocycles. The van der Waals surface area contributed by atoms with Crippen LogP contribution in [0.25, 0.3) is 0 Å². The minimum atomic E-state index is 0.793. The molecule has 1 saturated carbocycles. The molecule has 84 valence electrons. The summed E-state index contributed by atoms with van der Waals surface area (Å²) in [5, 5.41) is 3.73. The summed E-state index contributed by atoms with van der Waals surface area (Å²) >= 11 is 0. The molecular formula is C13H27N. The van der Waals surface area contributed by atoms with Crippen LogP contribution >= 0.6 is 0 Å². The summed E-state index contributed by atoms with van der Waals surface area (Å²) in [7, 11) is 0. The molecule has 0 spiro atoms. The first-order valence-electron chi connectivity index (χ1n) is 6.49. The molecule has 1 aliphatic rings. The standard InChI is InChI=1S/C13H27N/c1-4-6-11(3)10-14-13(5-2)9-12-7-8-12/h11-14H,4-10H2,1-3H3. The van der Waals surface area contributed by atoms with E-state index in [0.29, 0.717) is 0 Å². The predicted octanol–water partition coefficient (Wildman–Crippen LogP) is 3.59. The number of rotatable bonds is 8. The SMILES string of the molecule is CCCC(C)CNC(CC)CC1CC1. The minimum Gasteiger partial charge on any atom is -0.314 e. The number of hydrogen-bond donors (Lipinski definition) is 1. The molecule has 1 heteroatoms. The lowest BCUT2D eigenvalue weighted by molar-refractivity contribution is 0.392. The molecule has 0 aromatic rings. The molecule has 0 bridgehead atoms. The van der Waals surface area contributed by atoms with E-state index < -0.39 is 0 Å². The highest BCUT2D eigenvalue weighted by molar-refractivity contribution is 4.79. The lowest BCUT2D eigenvalue weighted by atomic mass is 10.0. The normalized spacial score (nSPS) is 20.8. The van der Waals surface area contributed by atoms with E-state index in [2.05, 4.69) is 26.1 Å². The molecule has 0 radical (unpaired) electrons. The quantitative estimate of drug-likeness (QED) is 0.627. The fourth-order valence-electron chi connectivity index (χ4n) is 2.11. The van der Waals surface area contributed by atoms with Gasteiger partial charge in [0.1, 0.15) is 0 Å². The average molecular weight is 197 g/mol. The van der Waals surface area contributed by atoms with Gasteiger partial charge in [-0.05, 0) is 37.6 Å². The van der Waals surface area contributed by atoms with Crippen molar-refractivity contribution >= 4 is 0 Å². The topological polar surface area (TPSA) is 12.0 Å². The Bertz CT molecular complexity index is 140. The Labute approximate surface area is 89.7 Å². The molecule has 0 aromatic carbocycles. The largest absolute Gasteiger partial charge is 0.314 e. The molecule has 1 nitrogen and oxygen atoms in total. The Morgan fingerprint density at radius 1 is 1.29 bits per heavy atom. The van der Waals surface area contributed by atoms with E-state index >= 15 is 0 Å². The second-order valence-electron chi connectivity index (χ2n) is 5.09. The van der Waals surface area contributed by atoms with Gasteiger partial charge in [0.05, 0.1) is 0 Å². The first-order valence-corrected chi connectivity index (χ1v) is 6.49. The van der Waals surface area contributed by atoms with E-state index in [9.17, 15) is 0 Å².